The molecule has 0 bridgehead atoms. The van der Waals surface area contributed by atoms with E-state index in [1.165, 1.54) is 18.0 Å². The van der Waals surface area contributed by atoms with E-state index in [9.17, 15) is 23.2 Å². The first-order valence-corrected chi connectivity index (χ1v) is 9.05. The van der Waals surface area contributed by atoms with Crippen LogP contribution in [0, 0.1) is 11.6 Å². The second kappa shape index (κ2) is 7.62. The molecule has 0 radical (unpaired) electrons. The van der Waals surface area contributed by atoms with Crippen LogP contribution in [0.25, 0.3) is 0 Å². The molecule has 1 aliphatic rings. The summed E-state index contributed by atoms with van der Waals surface area (Å²) in [7, 11) is 1.48. The molecule has 2 unspecified atom stereocenters. The van der Waals surface area contributed by atoms with E-state index in [1.807, 2.05) is 0 Å². The van der Waals surface area contributed by atoms with Crippen molar-refractivity contribution in [1.29, 1.82) is 0 Å². The number of rotatable bonds is 5. The molecular weight excluding hydrogens is 380 g/mol. The maximum absolute atomic E-state index is 13.5. The van der Waals surface area contributed by atoms with Crippen LogP contribution in [0.5, 0.6) is 0 Å². The first kappa shape index (κ1) is 20.4. The number of hydrogen-bond acceptors (Lipinski definition) is 3. The molecule has 29 heavy (non-hydrogen) atoms. The Morgan fingerprint density at radius 1 is 1.14 bits per heavy atom. The topological polar surface area (TPSA) is 69.7 Å². The Morgan fingerprint density at radius 3 is 2.41 bits per heavy atom. The summed E-state index contributed by atoms with van der Waals surface area (Å²) in [6.07, 6.45) is 0. The number of imide groups is 1. The summed E-state index contributed by atoms with van der Waals surface area (Å²) in [5, 5.41) is 2.64. The third kappa shape index (κ3) is 3.70. The van der Waals surface area contributed by atoms with Crippen LogP contribution in [0.3, 0.4) is 0 Å². The van der Waals surface area contributed by atoms with Gasteiger partial charge in [0.15, 0.2) is 11.6 Å². The standard InChI is InChI=1S/C21H21F2N3O3/c1-13(14-9-10-16(22)17(23)11-14)25(3)18(27)12-26-19(28)21(2,24-20(26)29)15-7-5-4-6-8-15/h4-11,13H,12H2,1-3H3,(H,24,29). The van der Waals surface area contributed by atoms with Crippen molar-refractivity contribution in [2.24, 2.45) is 0 Å². The van der Waals surface area contributed by atoms with E-state index in [-0.39, 0.29) is 0 Å². The molecule has 0 aromatic heterocycles. The van der Waals surface area contributed by atoms with Gasteiger partial charge in [0.05, 0.1) is 6.04 Å². The lowest BCUT2D eigenvalue weighted by molar-refractivity contribution is -0.139. The summed E-state index contributed by atoms with van der Waals surface area (Å²) < 4.78 is 26.6. The number of benzene rings is 2. The van der Waals surface area contributed by atoms with Gasteiger partial charge in [-0.15, -0.1) is 0 Å². The fourth-order valence-corrected chi connectivity index (χ4v) is 3.27. The highest BCUT2D eigenvalue weighted by atomic mass is 19.2. The molecule has 152 valence electrons. The molecule has 4 amide bonds. The van der Waals surface area contributed by atoms with Crippen LogP contribution in [0.2, 0.25) is 0 Å². The minimum atomic E-state index is -1.26. The summed E-state index contributed by atoms with van der Waals surface area (Å²) in [4.78, 5) is 40.1. The average molecular weight is 401 g/mol. The van der Waals surface area contributed by atoms with E-state index < -0.39 is 47.6 Å². The van der Waals surface area contributed by atoms with E-state index in [0.717, 1.165) is 17.0 Å². The Kier molecular flexibility index (Phi) is 5.37. The quantitative estimate of drug-likeness (QED) is 0.784. The fraction of sp³-hybridized carbons (Fsp3) is 0.286. The lowest BCUT2D eigenvalue weighted by atomic mass is 9.92. The van der Waals surface area contributed by atoms with Crippen LogP contribution in [0.1, 0.15) is 31.0 Å². The van der Waals surface area contributed by atoms with Crippen LogP contribution in [0.4, 0.5) is 13.6 Å². The summed E-state index contributed by atoms with van der Waals surface area (Å²) in [5.74, 6) is -3.03. The Morgan fingerprint density at radius 2 is 1.79 bits per heavy atom. The number of halogens is 2. The molecule has 1 heterocycles. The molecule has 0 saturated carbocycles. The first-order chi connectivity index (χ1) is 13.6. The number of nitrogens with zero attached hydrogens (tertiary/aromatic N) is 2. The molecule has 2 aromatic rings. The van der Waals surface area contributed by atoms with Gasteiger partial charge in [0, 0.05) is 7.05 Å². The third-order valence-corrected chi connectivity index (χ3v) is 5.32. The zero-order valence-corrected chi connectivity index (χ0v) is 16.3. The molecule has 6 nitrogen and oxygen atoms in total. The molecule has 2 atom stereocenters. The van der Waals surface area contributed by atoms with Crippen LogP contribution < -0.4 is 5.32 Å². The van der Waals surface area contributed by atoms with Crippen molar-refractivity contribution in [1.82, 2.24) is 15.1 Å². The Labute approximate surface area is 167 Å². The number of hydrogen-bond donors (Lipinski definition) is 1. The molecule has 0 aliphatic carbocycles. The minimum Gasteiger partial charge on any atom is -0.337 e. The maximum atomic E-state index is 13.5. The summed E-state index contributed by atoms with van der Waals surface area (Å²) in [6.45, 7) is 2.77. The van der Waals surface area contributed by atoms with Gasteiger partial charge in [0.2, 0.25) is 5.91 Å². The van der Waals surface area contributed by atoms with Gasteiger partial charge >= 0.3 is 6.03 Å². The number of carbonyl (C=O) groups excluding carboxylic acids is 3. The zero-order valence-electron chi connectivity index (χ0n) is 16.3. The van der Waals surface area contributed by atoms with Gasteiger partial charge in [-0.25, -0.2) is 13.6 Å². The number of likely N-dealkylation sites (N-methyl/N-ethyl adjacent to an activating group) is 1. The highest BCUT2D eigenvalue weighted by Crippen LogP contribution is 2.29. The Balaban J connectivity index is 1.75. The molecule has 8 heteroatoms. The zero-order chi connectivity index (χ0) is 21.3. The van der Waals surface area contributed by atoms with Crippen molar-refractivity contribution in [3.8, 4) is 0 Å². The van der Waals surface area contributed by atoms with Crippen molar-refractivity contribution in [3.63, 3.8) is 0 Å². The van der Waals surface area contributed by atoms with Gasteiger partial charge in [-0.2, -0.15) is 0 Å². The molecule has 1 saturated heterocycles. The van der Waals surface area contributed by atoms with Crippen LogP contribution in [-0.4, -0.2) is 41.2 Å². The third-order valence-electron chi connectivity index (χ3n) is 5.32. The molecule has 1 aliphatic heterocycles. The van der Waals surface area contributed by atoms with Crippen LogP contribution in [-0.2, 0) is 15.1 Å². The second-order valence-corrected chi connectivity index (χ2v) is 7.17. The minimum absolute atomic E-state index is 0.395. The van der Waals surface area contributed by atoms with E-state index in [0.29, 0.717) is 11.1 Å². The van der Waals surface area contributed by atoms with Gasteiger partial charge in [0.1, 0.15) is 12.1 Å². The maximum Gasteiger partial charge on any atom is 0.325 e. The summed E-state index contributed by atoms with van der Waals surface area (Å²) in [5.41, 5.74) is -0.258. The molecule has 2 aromatic carbocycles. The predicted molar refractivity (Wildman–Crippen MR) is 102 cm³/mol. The highest BCUT2D eigenvalue weighted by molar-refractivity contribution is 6.09. The predicted octanol–water partition coefficient (Wildman–Crippen LogP) is 2.95. The van der Waals surface area contributed by atoms with Gasteiger partial charge < -0.3 is 10.2 Å². The fourth-order valence-electron chi connectivity index (χ4n) is 3.27. The second-order valence-electron chi connectivity index (χ2n) is 7.17. The van der Waals surface area contributed by atoms with Gasteiger partial charge in [-0.3, -0.25) is 14.5 Å². The summed E-state index contributed by atoms with van der Waals surface area (Å²) >= 11 is 0. The summed E-state index contributed by atoms with van der Waals surface area (Å²) in [6, 6.07) is 10.9. The Bertz CT molecular complexity index is 967. The lowest BCUT2D eigenvalue weighted by Gasteiger charge is -2.27. The molecule has 1 N–H and O–H groups in total. The molecule has 3 rings (SSSR count). The normalized spacial score (nSPS) is 19.8. The monoisotopic (exact) mass is 401 g/mol. The number of amides is 4. The largest absolute Gasteiger partial charge is 0.337 e. The van der Waals surface area contributed by atoms with Crippen molar-refractivity contribution < 1.29 is 23.2 Å². The average Bonchev–Trinajstić information content (AvgIpc) is 2.93. The van der Waals surface area contributed by atoms with E-state index >= 15 is 0 Å². The lowest BCUT2D eigenvalue weighted by Crippen LogP contribution is -2.44. The number of nitrogens with one attached hydrogen (secondary N) is 1. The van der Waals surface area contributed by atoms with Gasteiger partial charge in [-0.05, 0) is 37.1 Å². The van der Waals surface area contributed by atoms with E-state index in [1.54, 1.807) is 44.2 Å². The highest BCUT2D eigenvalue weighted by Gasteiger charge is 2.49. The smallest absolute Gasteiger partial charge is 0.325 e. The van der Waals surface area contributed by atoms with Gasteiger partial charge in [-0.1, -0.05) is 36.4 Å². The molecular formula is C21H21F2N3O3. The van der Waals surface area contributed by atoms with Crippen molar-refractivity contribution in [2.45, 2.75) is 25.4 Å². The Hall–Kier alpha value is -3.29. The molecule has 1 fully saturated rings. The van der Waals surface area contributed by atoms with E-state index in [2.05, 4.69) is 5.32 Å². The number of urea groups is 1. The van der Waals surface area contributed by atoms with Gasteiger partial charge in [0.25, 0.3) is 5.91 Å². The van der Waals surface area contributed by atoms with Crippen LogP contribution in [0.15, 0.2) is 48.5 Å². The van der Waals surface area contributed by atoms with Crippen molar-refractivity contribution >= 4 is 17.8 Å². The molecule has 0 spiro atoms. The first-order valence-electron chi connectivity index (χ1n) is 9.05. The van der Waals surface area contributed by atoms with Crippen molar-refractivity contribution in [2.75, 3.05) is 13.6 Å². The van der Waals surface area contributed by atoms with Crippen molar-refractivity contribution in [3.05, 3.63) is 71.3 Å². The van der Waals surface area contributed by atoms with E-state index in [4.69, 9.17) is 0 Å². The SMILES string of the molecule is CC(c1ccc(F)c(F)c1)N(C)C(=O)CN1C(=O)NC(C)(c2ccccc2)C1=O. The van der Waals surface area contributed by atoms with Crippen LogP contribution >= 0.6 is 0 Å². The number of carbonyl (C=O) groups is 3.